The second-order valence-corrected chi connectivity index (χ2v) is 4.31. The van der Waals surface area contributed by atoms with Crippen molar-refractivity contribution in [2.45, 2.75) is 6.92 Å². The fourth-order valence-electron chi connectivity index (χ4n) is 1.47. The third-order valence-electron chi connectivity index (χ3n) is 2.34. The van der Waals surface area contributed by atoms with E-state index in [4.69, 9.17) is 23.2 Å². The van der Waals surface area contributed by atoms with Crippen molar-refractivity contribution in [3.05, 3.63) is 58.1 Å². The van der Waals surface area contributed by atoms with Gasteiger partial charge in [-0.3, -0.25) is 0 Å². The predicted molar refractivity (Wildman–Crippen MR) is 66.6 cm³/mol. The lowest BCUT2D eigenvalue weighted by Crippen LogP contribution is -1.80. The summed E-state index contributed by atoms with van der Waals surface area (Å²) in [5.74, 6) is 0. The Morgan fingerprint density at radius 3 is 2.00 bits per heavy atom. The summed E-state index contributed by atoms with van der Waals surface area (Å²) in [5.41, 5.74) is 3.40. The molecule has 0 bridgehead atoms. The highest BCUT2D eigenvalue weighted by atomic mass is 35.5. The Kier molecular flexibility index (Phi) is 2.99. The number of rotatable bonds is 1. The van der Waals surface area contributed by atoms with Crippen LogP contribution in [0.1, 0.15) is 5.56 Å². The minimum absolute atomic E-state index is 0.754. The van der Waals surface area contributed by atoms with Crippen LogP contribution in [0.5, 0.6) is 0 Å². The summed E-state index contributed by atoms with van der Waals surface area (Å²) in [6, 6.07) is 13.8. The SMILES string of the molecule is Cc1cc(-c2ccc(Cl)cc2)ccc1Cl. The molecule has 0 atom stereocenters. The number of benzene rings is 2. The highest BCUT2D eigenvalue weighted by molar-refractivity contribution is 6.31. The van der Waals surface area contributed by atoms with Crippen molar-refractivity contribution < 1.29 is 0 Å². The van der Waals surface area contributed by atoms with Gasteiger partial charge in [-0.2, -0.15) is 0 Å². The maximum atomic E-state index is 5.97. The summed E-state index contributed by atoms with van der Waals surface area (Å²) < 4.78 is 0. The summed E-state index contributed by atoms with van der Waals surface area (Å²) in [6.07, 6.45) is 0. The van der Waals surface area contributed by atoms with Crippen LogP contribution in [0.2, 0.25) is 10.0 Å². The van der Waals surface area contributed by atoms with Gasteiger partial charge in [0, 0.05) is 10.0 Å². The largest absolute Gasteiger partial charge is 0.0843 e. The van der Waals surface area contributed by atoms with Crippen LogP contribution in [-0.4, -0.2) is 0 Å². The lowest BCUT2D eigenvalue weighted by atomic mass is 10.0. The van der Waals surface area contributed by atoms with Gasteiger partial charge in [-0.05, 0) is 47.9 Å². The second-order valence-electron chi connectivity index (χ2n) is 3.47. The first-order chi connectivity index (χ1) is 7.16. The Bertz CT molecular complexity index is 472. The number of halogens is 2. The number of hydrogen-bond donors (Lipinski definition) is 0. The molecule has 0 unspecified atom stereocenters. The van der Waals surface area contributed by atoms with Crippen LogP contribution in [0.4, 0.5) is 0 Å². The number of hydrogen-bond acceptors (Lipinski definition) is 0. The van der Waals surface area contributed by atoms with Crippen molar-refractivity contribution in [1.29, 1.82) is 0 Å². The molecule has 0 radical (unpaired) electrons. The Hall–Kier alpha value is -0.980. The Labute approximate surface area is 99.5 Å². The maximum Gasteiger partial charge on any atom is 0.0435 e. The van der Waals surface area contributed by atoms with Crippen LogP contribution in [0, 0.1) is 6.92 Å². The van der Waals surface area contributed by atoms with Crippen LogP contribution < -0.4 is 0 Å². The molecule has 0 saturated heterocycles. The van der Waals surface area contributed by atoms with Gasteiger partial charge in [0.15, 0.2) is 0 Å². The van der Waals surface area contributed by atoms with Crippen molar-refractivity contribution in [1.82, 2.24) is 0 Å². The second kappa shape index (κ2) is 4.26. The zero-order valence-electron chi connectivity index (χ0n) is 8.30. The highest BCUT2D eigenvalue weighted by Crippen LogP contribution is 2.25. The average molecular weight is 237 g/mol. The van der Waals surface area contributed by atoms with Crippen molar-refractivity contribution in [3.8, 4) is 11.1 Å². The third kappa shape index (κ3) is 2.34. The zero-order chi connectivity index (χ0) is 10.8. The van der Waals surface area contributed by atoms with Gasteiger partial charge >= 0.3 is 0 Å². The molecule has 2 aromatic carbocycles. The van der Waals surface area contributed by atoms with Crippen LogP contribution in [-0.2, 0) is 0 Å². The van der Waals surface area contributed by atoms with E-state index in [0.717, 1.165) is 26.7 Å². The molecule has 0 aromatic heterocycles. The van der Waals surface area contributed by atoms with E-state index in [-0.39, 0.29) is 0 Å². The molecule has 0 aliphatic carbocycles. The van der Waals surface area contributed by atoms with Crippen molar-refractivity contribution >= 4 is 23.2 Å². The quantitative estimate of drug-likeness (QED) is 0.656. The fourth-order valence-corrected chi connectivity index (χ4v) is 1.71. The van der Waals surface area contributed by atoms with Crippen molar-refractivity contribution in [3.63, 3.8) is 0 Å². The van der Waals surface area contributed by atoms with Gasteiger partial charge in [-0.15, -0.1) is 0 Å². The topological polar surface area (TPSA) is 0 Å². The Morgan fingerprint density at radius 2 is 1.40 bits per heavy atom. The van der Waals surface area contributed by atoms with E-state index in [0.29, 0.717) is 0 Å². The van der Waals surface area contributed by atoms with E-state index in [2.05, 4.69) is 6.07 Å². The molecule has 0 N–H and O–H groups in total. The van der Waals surface area contributed by atoms with Gasteiger partial charge in [0.1, 0.15) is 0 Å². The lowest BCUT2D eigenvalue weighted by Gasteiger charge is -2.04. The first-order valence-corrected chi connectivity index (χ1v) is 5.44. The van der Waals surface area contributed by atoms with Gasteiger partial charge in [-0.25, -0.2) is 0 Å². The van der Waals surface area contributed by atoms with Gasteiger partial charge in [0.25, 0.3) is 0 Å². The van der Waals surface area contributed by atoms with E-state index in [1.165, 1.54) is 0 Å². The summed E-state index contributed by atoms with van der Waals surface area (Å²) in [7, 11) is 0. The van der Waals surface area contributed by atoms with Gasteiger partial charge in [0.2, 0.25) is 0 Å². The van der Waals surface area contributed by atoms with Crippen LogP contribution in [0.25, 0.3) is 11.1 Å². The lowest BCUT2D eigenvalue weighted by molar-refractivity contribution is 1.46. The number of aryl methyl sites for hydroxylation is 1. The normalized spacial score (nSPS) is 10.3. The average Bonchev–Trinajstić information content (AvgIpc) is 2.23. The van der Waals surface area contributed by atoms with E-state index in [1.807, 2.05) is 43.3 Å². The third-order valence-corrected chi connectivity index (χ3v) is 3.01. The minimum Gasteiger partial charge on any atom is -0.0843 e. The monoisotopic (exact) mass is 236 g/mol. The molecule has 0 nitrogen and oxygen atoms in total. The zero-order valence-corrected chi connectivity index (χ0v) is 9.81. The molecule has 0 amide bonds. The molecule has 76 valence electrons. The van der Waals surface area contributed by atoms with E-state index < -0.39 is 0 Å². The molecule has 0 heterocycles. The van der Waals surface area contributed by atoms with E-state index >= 15 is 0 Å². The fraction of sp³-hybridized carbons (Fsp3) is 0.0769. The molecular weight excluding hydrogens is 227 g/mol. The molecule has 0 aliphatic heterocycles. The minimum atomic E-state index is 0.754. The van der Waals surface area contributed by atoms with Gasteiger partial charge in [0.05, 0.1) is 0 Å². The summed E-state index contributed by atoms with van der Waals surface area (Å²) in [5, 5.41) is 1.55. The van der Waals surface area contributed by atoms with E-state index in [1.54, 1.807) is 0 Å². The molecule has 15 heavy (non-hydrogen) atoms. The maximum absolute atomic E-state index is 5.97. The molecule has 0 spiro atoms. The van der Waals surface area contributed by atoms with Crippen LogP contribution in [0.15, 0.2) is 42.5 Å². The highest BCUT2D eigenvalue weighted by Gasteiger charge is 2.00. The Morgan fingerprint density at radius 1 is 0.800 bits per heavy atom. The van der Waals surface area contributed by atoms with Crippen LogP contribution in [0.3, 0.4) is 0 Å². The van der Waals surface area contributed by atoms with Gasteiger partial charge < -0.3 is 0 Å². The first-order valence-electron chi connectivity index (χ1n) is 4.69. The molecular formula is C13H10Cl2. The van der Waals surface area contributed by atoms with Crippen molar-refractivity contribution in [2.24, 2.45) is 0 Å². The molecule has 0 fully saturated rings. The summed E-state index contributed by atoms with van der Waals surface area (Å²) in [6.45, 7) is 2.00. The smallest absolute Gasteiger partial charge is 0.0435 e. The summed E-state index contributed by atoms with van der Waals surface area (Å²) >= 11 is 11.8. The van der Waals surface area contributed by atoms with Gasteiger partial charge in [-0.1, -0.05) is 41.4 Å². The molecule has 2 heteroatoms. The molecule has 0 aliphatic rings. The first kappa shape index (κ1) is 10.5. The van der Waals surface area contributed by atoms with E-state index in [9.17, 15) is 0 Å². The predicted octanol–water partition coefficient (Wildman–Crippen LogP) is 4.97. The molecule has 0 saturated carbocycles. The standard InChI is InChI=1S/C13H10Cl2/c1-9-8-11(4-7-13(9)15)10-2-5-12(14)6-3-10/h2-8H,1H3. The Balaban J connectivity index is 2.45. The van der Waals surface area contributed by atoms with Crippen molar-refractivity contribution in [2.75, 3.05) is 0 Å². The molecule has 2 aromatic rings. The van der Waals surface area contributed by atoms with Crippen LogP contribution >= 0.6 is 23.2 Å². The molecule has 2 rings (SSSR count). The summed E-state index contributed by atoms with van der Waals surface area (Å²) in [4.78, 5) is 0.